The molecule has 4 heterocycles. The van der Waals surface area contributed by atoms with E-state index >= 15 is 0 Å². The van der Waals surface area contributed by atoms with E-state index in [1.807, 2.05) is 18.2 Å². The van der Waals surface area contributed by atoms with Crippen molar-refractivity contribution in [3.63, 3.8) is 0 Å². The van der Waals surface area contributed by atoms with Gasteiger partial charge in [-0.15, -0.1) is 0 Å². The summed E-state index contributed by atoms with van der Waals surface area (Å²) in [7, 11) is 0. The maximum Gasteiger partial charge on any atom is 0.328 e. The number of nitrogens with zero attached hydrogens (tertiary/aromatic N) is 1. The van der Waals surface area contributed by atoms with Crippen LogP contribution in [0.15, 0.2) is 58.5 Å². The number of carbonyl (C=O) groups excluding carboxylic acids is 3. The molecule has 0 aliphatic carbocycles. The fourth-order valence-corrected chi connectivity index (χ4v) is 4.71. The van der Waals surface area contributed by atoms with Crippen molar-refractivity contribution in [1.82, 2.24) is 15.2 Å². The van der Waals surface area contributed by atoms with E-state index in [1.54, 1.807) is 0 Å². The van der Waals surface area contributed by atoms with Crippen LogP contribution in [0.2, 0.25) is 0 Å². The molecule has 2 aromatic carbocycles. The maximum atomic E-state index is 12.1. The number of carbonyl (C=O) groups is 3. The molecule has 7 nitrogen and oxygen atoms in total. The number of urea groups is 1. The van der Waals surface area contributed by atoms with Crippen LogP contribution < -0.4 is 10.6 Å². The average Bonchev–Trinajstić information content (AvgIpc) is 3.29. The van der Waals surface area contributed by atoms with Crippen LogP contribution in [0, 0.1) is 0 Å². The first kappa shape index (κ1) is 17.7. The first-order valence-electron chi connectivity index (χ1n) is 9.92. The summed E-state index contributed by atoms with van der Waals surface area (Å²) in [6.07, 6.45) is 1.37. The highest BCUT2D eigenvalue weighted by Crippen LogP contribution is 2.48. The van der Waals surface area contributed by atoms with E-state index in [2.05, 4.69) is 59.4 Å². The molecule has 0 radical (unpaired) electrons. The van der Waals surface area contributed by atoms with Crippen molar-refractivity contribution in [2.75, 3.05) is 0 Å². The predicted molar refractivity (Wildman–Crippen MR) is 115 cm³/mol. The van der Waals surface area contributed by atoms with Gasteiger partial charge in [-0.2, -0.15) is 0 Å². The molecule has 152 valence electrons. The zero-order valence-electron chi connectivity index (χ0n) is 16.8. The van der Waals surface area contributed by atoms with Gasteiger partial charge in [-0.05, 0) is 23.8 Å². The van der Waals surface area contributed by atoms with E-state index in [9.17, 15) is 14.4 Å². The Hall–Kier alpha value is -4.13. The van der Waals surface area contributed by atoms with Crippen LogP contribution in [-0.2, 0) is 15.0 Å². The van der Waals surface area contributed by atoms with E-state index in [0.29, 0.717) is 11.6 Å². The number of para-hydroxylation sites is 2. The number of imide groups is 2. The number of nitrogens with one attached hydrogen (secondary N) is 2. The number of barbiturate groups is 1. The Morgan fingerprint density at radius 3 is 2.39 bits per heavy atom. The summed E-state index contributed by atoms with van der Waals surface area (Å²) in [5, 5.41) is 6.44. The summed E-state index contributed by atoms with van der Waals surface area (Å²) in [4.78, 5) is 35.6. The van der Waals surface area contributed by atoms with Crippen molar-refractivity contribution in [2.24, 2.45) is 0 Å². The molecule has 2 aliphatic heterocycles. The third-order valence-corrected chi connectivity index (χ3v) is 6.21. The molecule has 0 saturated carbocycles. The van der Waals surface area contributed by atoms with Crippen LogP contribution >= 0.6 is 0 Å². The molecule has 0 atom stereocenters. The van der Waals surface area contributed by atoms with Gasteiger partial charge in [-0.3, -0.25) is 24.8 Å². The van der Waals surface area contributed by atoms with Crippen LogP contribution in [0.3, 0.4) is 0 Å². The van der Waals surface area contributed by atoms with Crippen LogP contribution in [0.25, 0.3) is 33.8 Å². The summed E-state index contributed by atoms with van der Waals surface area (Å²) in [6.45, 7) is 4.26. The second-order valence-electron chi connectivity index (χ2n) is 8.34. The van der Waals surface area contributed by atoms with E-state index < -0.39 is 17.8 Å². The fraction of sp³-hybridized carbons (Fsp3) is 0.125. The Kier molecular flexibility index (Phi) is 3.27. The van der Waals surface area contributed by atoms with Crippen molar-refractivity contribution in [3.05, 3.63) is 71.0 Å². The highest BCUT2D eigenvalue weighted by Gasteiger charge is 2.38. The minimum absolute atomic E-state index is 0.177. The number of hydrogen-bond acceptors (Lipinski definition) is 4. The average molecular weight is 411 g/mol. The van der Waals surface area contributed by atoms with Crippen LogP contribution in [0.5, 0.6) is 0 Å². The third-order valence-electron chi connectivity index (χ3n) is 6.21. The topological polar surface area (TPSA) is 93.3 Å². The fourth-order valence-electron chi connectivity index (χ4n) is 4.71. The third kappa shape index (κ3) is 2.25. The molecule has 31 heavy (non-hydrogen) atoms. The van der Waals surface area contributed by atoms with Crippen molar-refractivity contribution in [2.45, 2.75) is 19.3 Å². The minimum Gasteiger partial charge on any atom is -0.440 e. The van der Waals surface area contributed by atoms with Gasteiger partial charge >= 0.3 is 6.03 Å². The van der Waals surface area contributed by atoms with Gasteiger partial charge in [0.25, 0.3) is 11.8 Å². The van der Waals surface area contributed by atoms with Crippen molar-refractivity contribution in [3.8, 4) is 5.88 Å². The molecule has 1 saturated heterocycles. The second-order valence-corrected chi connectivity index (χ2v) is 8.34. The number of benzene rings is 2. The predicted octanol–water partition coefficient (Wildman–Crippen LogP) is 3.77. The standard InChI is InChI=1S/C24H17N3O4/c1-24(2)16-8-5-7-14-13-6-3-4-9-18(13)27(19(14)16)22-17(24)11-12(31-22)10-15-20(28)25-23(30)26-21(15)29/h3-11H,1-2H3,(H2,25,26,28,29,30). The van der Waals surface area contributed by atoms with Gasteiger partial charge in [-0.1, -0.05) is 50.2 Å². The number of furan rings is 1. The number of aromatic nitrogens is 1. The Bertz CT molecular complexity index is 1490. The van der Waals surface area contributed by atoms with Gasteiger partial charge in [0.2, 0.25) is 5.88 Å². The highest BCUT2D eigenvalue weighted by molar-refractivity contribution is 6.31. The highest BCUT2D eigenvalue weighted by atomic mass is 16.4. The summed E-state index contributed by atoms with van der Waals surface area (Å²) >= 11 is 0. The number of hydrogen-bond donors (Lipinski definition) is 2. The van der Waals surface area contributed by atoms with E-state index in [0.717, 1.165) is 27.4 Å². The molecular formula is C24H17N3O4. The summed E-state index contributed by atoms with van der Waals surface area (Å²) in [5.41, 5.74) is 3.71. The van der Waals surface area contributed by atoms with Gasteiger partial charge in [0.1, 0.15) is 11.3 Å². The molecule has 0 spiro atoms. The smallest absolute Gasteiger partial charge is 0.328 e. The summed E-state index contributed by atoms with van der Waals surface area (Å²) < 4.78 is 8.33. The van der Waals surface area contributed by atoms with E-state index in [4.69, 9.17) is 4.42 Å². The molecule has 6 rings (SSSR count). The number of rotatable bonds is 1. The lowest BCUT2D eigenvalue weighted by Gasteiger charge is -2.31. The molecule has 4 aromatic rings. The van der Waals surface area contributed by atoms with Crippen molar-refractivity contribution >= 4 is 45.7 Å². The second kappa shape index (κ2) is 5.72. The number of amides is 4. The van der Waals surface area contributed by atoms with Crippen molar-refractivity contribution in [1.29, 1.82) is 0 Å². The Morgan fingerprint density at radius 2 is 1.61 bits per heavy atom. The van der Waals surface area contributed by atoms with Crippen LogP contribution in [-0.4, -0.2) is 22.4 Å². The monoisotopic (exact) mass is 411 g/mol. The van der Waals surface area contributed by atoms with Gasteiger partial charge in [-0.25, -0.2) is 4.79 Å². The molecule has 4 amide bonds. The van der Waals surface area contributed by atoms with Gasteiger partial charge < -0.3 is 4.42 Å². The van der Waals surface area contributed by atoms with Gasteiger partial charge in [0.05, 0.1) is 11.0 Å². The zero-order valence-corrected chi connectivity index (χ0v) is 16.8. The molecule has 2 aromatic heterocycles. The molecular weight excluding hydrogens is 394 g/mol. The minimum atomic E-state index is -0.830. The van der Waals surface area contributed by atoms with Crippen LogP contribution in [0.1, 0.15) is 30.7 Å². The Labute approximate surface area is 176 Å². The van der Waals surface area contributed by atoms with E-state index in [-0.39, 0.29) is 11.0 Å². The van der Waals surface area contributed by atoms with Crippen molar-refractivity contribution < 1.29 is 18.8 Å². The molecule has 2 N–H and O–H groups in total. The summed E-state index contributed by atoms with van der Waals surface area (Å²) in [5.74, 6) is -0.472. The Morgan fingerprint density at radius 1 is 0.903 bits per heavy atom. The van der Waals surface area contributed by atoms with Crippen LogP contribution in [0.4, 0.5) is 4.79 Å². The zero-order chi connectivity index (χ0) is 21.5. The lowest BCUT2D eigenvalue weighted by molar-refractivity contribution is -0.123. The van der Waals surface area contributed by atoms with Gasteiger partial charge in [0.15, 0.2) is 0 Å². The number of fused-ring (bicyclic) bond motifs is 5. The SMILES string of the molecule is CC1(C)c2cc(C=C3C(=O)NC(=O)NC3=O)oc2-n2c3ccccc3c3cccc1c32. The molecule has 7 heteroatoms. The first-order valence-corrected chi connectivity index (χ1v) is 9.92. The normalized spacial score (nSPS) is 17.0. The molecule has 2 aliphatic rings. The first-order chi connectivity index (χ1) is 14.9. The largest absolute Gasteiger partial charge is 0.440 e. The molecule has 1 fully saturated rings. The summed E-state index contributed by atoms with van der Waals surface area (Å²) in [6, 6.07) is 15.5. The van der Waals surface area contributed by atoms with Gasteiger partial charge in [0, 0.05) is 21.8 Å². The maximum absolute atomic E-state index is 12.1. The lowest BCUT2D eigenvalue weighted by Crippen LogP contribution is -2.51. The Balaban J connectivity index is 1.64. The lowest BCUT2D eigenvalue weighted by atomic mass is 9.76. The molecule has 0 unspecified atom stereocenters. The van der Waals surface area contributed by atoms with E-state index in [1.165, 1.54) is 11.6 Å². The quantitative estimate of drug-likeness (QED) is 0.368. The molecule has 0 bridgehead atoms.